The SMILES string of the molecule is CCCN(CC(O)COCC)C1CC2CCC(C1)N2. The van der Waals surface area contributed by atoms with Crippen LogP contribution in [0.3, 0.4) is 0 Å². The third-order valence-electron chi connectivity index (χ3n) is 4.44. The van der Waals surface area contributed by atoms with Crippen molar-refractivity contribution in [2.24, 2.45) is 0 Å². The summed E-state index contributed by atoms with van der Waals surface area (Å²) < 4.78 is 5.33. The van der Waals surface area contributed by atoms with Gasteiger partial charge in [-0.25, -0.2) is 0 Å². The molecule has 19 heavy (non-hydrogen) atoms. The molecule has 3 unspecified atom stereocenters. The van der Waals surface area contributed by atoms with Crippen LogP contribution in [0.4, 0.5) is 0 Å². The molecule has 2 bridgehead atoms. The molecule has 0 radical (unpaired) electrons. The lowest BCUT2D eigenvalue weighted by atomic mass is 9.97. The van der Waals surface area contributed by atoms with Gasteiger partial charge in [0.15, 0.2) is 0 Å². The first-order chi connectivity index (χ1) is 9.22. The van der Waals surface area contributed by atoms with Crippen molar-refractivity contribution in [3.05, 3.63) is 0 Å². The zero-order valence-electron chi connectivity index (χ0n) is 12.5. The Labute approximate surface area is 117 Å². The highest BCUT2D eigenvalue weighted by Crippen LogP contribution is 2.29. The van der Waals surface area contributed by atoms with E-state index in [2.05, 4.69) is 17.1 Å². The zero-order valence-corrected chi connectivity index (χ0v) is 12.5. The first kappa shape index (κ1) is 15.2. The Morgan fingerprint density at radius 1 is 1.26 bits per heavy atom. The minimum Gasteiger partial charge on any atom is -0.389 e. The third-order valence-corrected chi connectivity index (χ3v) is 4.44. The van der Waals surface area contributed by atoms with Crippen molar-refractivity contribution in [2.45, 2.75) is 70.2 Å². The summed E-state index contributed by atoms with van der Waals surface area (Å²) in [6.07, 6.45) is 5.97. The smallest absolute Gasteiger partial charge is 0.0900 e. The van der Waals surface area contributed by atoms with Crippen LogP contribution in [0, 0.1) is 0 Å². The number of nitrogens with zero attached hydrogens (tertiary/aromatic N) is 1. The van der Waals surface area contributed by atoms with E-state index in [1.165, 1.54) is 25.7 Å². The quantitative estimate of drug-likeness (QED) is 0.699. The average molecular weight is 270 g/mol. The van der Waals surface area contributed by atoms with Crippen LogP contribution in [0.25, 0.3) is 0 Å². The van der Waals surface area contributed by atoms with Crippen LogP contribution in [-0.2, 0) is 4.74 Å². The second kappa shape index (κ2) is 7.58. The molecule has 0 aromatic carbocycles. The van der Waals surface area contributed by atoms with Gasteiger partial charge in [0.25, 0.3) is 0 Å². The van der Waals surface area contributed by atoms with Gasteiger partial charge in [0, 0.05) is 31.3 Å². The maximum Gasteiger partial charge on any atom is 0.0900 e. The number of aliphatic hydroxyl groups is 1. The number of ether oxygens (including phenoxy) is 1. The second-order valence-electron chi connectivity index (χ2n) is 6.07. The van der Waals surface area contributed by atoms with Crippen LogP contribution in [0.2, 0.25) is 0 Å². The third kappa shape index (κ3) is 4.42. The summed E-state index contributed by atoms with van der Waals surface area (Å²) in [6, 6.07) is 2.08. The van der Waals surface area contributed by atoms with Gasteiger partial charge in [-0.15, -0.1) is 0 Å². The average Bonchev–Trinajstić information content (AvgIpc) is 2.74. The van der Waals surface area contributed by atoms with Gasteiger partial charge >= 0.3 is 0 Å². The molecule has 0 aromatic rings. The van der Waals surface area contributed by atoms with E-state index < -0.39 is 0 Å². The predicted octanol–water partition coefficient (Wildman–Crippen LogP) is 1.38. The molecular weight excluding hydrogens is 240 g/mol. The van der Waals surface area contributed by atoms with E-state index in [0.29, 0.717) is 31.3 Å². The summed E-state index contributed by atoms with van der Waals surface area (Å²) in [7, 11) is 0. The molecule has 2 saturated heterocycles. The molecule has 3 atom stereocenters. The highest BCUT2D eigenvalue weighted by molar-refractivity contribution is 4.95. The molecule has 0 saturated carbocycles. The number of nitrogens with one attached hydrogen (secondary N) is 1. The van der Waals surface area contributed by atoms with Gasteiger partial charge in [0.05, 0.1) is 12.7 Å². The molecule has 4 nitrogen and oxygen atoms in total. The van der Waals surface area contributed by atoms with Crippen molar-refractivity contribution in [3.8, 4) is 0 Å². The minimum absolute atomic E-state index is 0.348. The lowest BCUT2D eigenvalue weighted by Gasteiger charge is -2.38. The van der Waals surface area contributed by atoms with Crippen molar-refractivity contribution in [2.75, 3.05) is 26.3 Å². The lowest BCUT2D eigenvalue weighted by molar-refractivity contribution is 0.00654. The van der Waals surface area contributed by atoms with Crippen molar-refractivity contribution in [1.82, 2.24) is 10.2 Å². The van der Waals surface area contributed by atoms with Crippen molar-refractivity contribution in [1.29, 1.82) is 0 Å². The maximum absolute atomic E-state index is 10.1. The van der Waals surface area contributed by atoms with Crippen LogP contribution in [-0.4, -0.2) is 60.5 Å². The fourth-order valence-electron chi connectivity index (χ4n) is 3.61. The van der Waals surface area contributed by atoms with E-state index in [-0.39, 0.29) is 6.10 Å². The Hall–Kier alpha value is -0.160. The van der Waals surface area contributed by atoms with Gasteiger partial charge in [-0.1, -0.05) is 6.92 Å². The molecule has 2 fully saturated rings. The largest absolute Gasteiger partial charge is 0.389 e. The Morgan fingerprint density at radius 2 is 1.95 bits per heavy atom. The summed E-state index contributed by atoms with van der Waals surface area (Å²) in [5, 5.41) is 13.8. The lowest BCUT2D eigenvalue weighted by Crippen LogP contribution is -2.50. The van der Waals surface area contributed by atoms with Gasteiger partial charge in [-0.05, 0) is 45.6 Å². The van der Waals surface area contributed by atoms with E-state index in [9.17, 15) is 5.11 Å². The van der Waals surface area contributed by atoms with Crippen LogP contribution in [0.1, 0.15) is 46.0 Å². The highest BCUT2D eigenvalue weighted by Gasteiger charge is 2.36. The molecule has 0 aromatic heterocycles. The molecule has 0 aliphatic carbocycles. The van der Waals surface area contributed by atoms with Crippen molar-refractivity contribution < 1.29 is 9.84 Å². The van der Waals surface area contributed by atoms with Crippen LogP contribution in [0.15, 0.2) is 0 Å². The maximum atomic E-state index is 10.1. The van der Waals surface area contributed by atoms with Crippen molar-refractivity contribution >= 4 is 0 Å². The Kier molecular flexibility index (Phi) is 6.07. The number of fused-ring (bicyclic) bond motifs is 2. The first-order valence-electron chi connectivity index (χ1n) is 7.98. The molecule has 2 rings (SSSR count). The molecule has 0 spiro atoms. The molecule has 4 heteroatoms. The van der Waals surface area contributed by atoms with Crippen LogP contribution in [0.5, 0.6) is 0 Å². The second-order valence-corrected chi connectivity index (χ2v) is 6.07. The normalized spacial score (nSPS) is 31.9. The molecule has 2 aliphatic rings. The van der Waals surface area contributed by atoms with Crippen LogP contribution >= 0.6 is 0 Å². The fraction of sp³-hybridized carbons (Fsp3) is 1.00. The molecule has 112 valence electrons. The number of aliphatic hydroxyl groups excluding tert-OH is 1. The Bertz CT molecular complexity index is 251. The highest BCUT2D eigenvalue weighted by atomic mass is 16.5. The van der Waals surface area contributed by atoms with E-state index in [1.807, 2.05) is 6.92 Å². The summed E-state index contributed by atoms with van der Waals surface area (Å²) in [6.45, 7) is 7.20. The van der Waals surface area contributed by atoms with Crippen LogP contribution < -0.4 is 5.32 Å². The summed E-state index contributed by atoms with van der Waals surface area (Å²) in [4.78, 5) is 2.50. The Balaban J connectivity index is 1.84. The van der Waals surface area contributed by atoms with Crippen molar-refractivity contribution in [3.63, 3.8) is 0 Å². The van der Waals surface area contributed by atoms with Gasteiger partial charge in [0.1, 0.15) is 0 Å². The number of hydrogen-bond acceptors (Lipinski definition) is 4. The molecule has 2 aliphatic heterocycles. The number of hydrogen-bond donors (Lipinski definition) is 2. The fourth-order valence-corrected chi connectivity index (χ4v) is 3.61. The predicted molar refractivity (Wildman–Crippen MR) is 77.3 cm³/mol. The van der Waals surface area contributed by atoms with E-state index in [1.54, 1.807) is 0 Å². The minimum atomic E-state index is -0.348. The molecular formula is C15H30N2O2. The monoisotopic (exact) mass is 270 g/mol. The van der Waals surface area contributed by atoms with Gasteiger partial charge in [-0.2, -0.15) is 0 Å². The molecule has 2 N–H and O–H groups in total. The van der Waals surface area contributed by atoms with Gasteiger partial charge in [0.2, 0.25) is 0 Å². The van der Waals surface area contributed by atoms with Gasteiger partial charge in [-0.3, -0.25) is 4.90 Å². The summed E-state index contributed by atoms with van der Waals surface area (Å²) in [5.41, 5.74) is 0. The van der Waals surface area contributed by atoms with E-state index in [4.69, 9.17) is 4.74 Å². The number of piperidine rings is 1. The van der Waals surface area contributed by atoms with Gasteiger partial charge < -0.3 is 15.2 Å². The molecule has 2 heterocycles. The summed E-state index contributed by atoms with van der Waals surface area (Å²) in [5.74, 6) is 0. The first-order valence-corrected chi connectivity index (χ1v) is 7.98. The number of rotatable bonds is 8. The summed E-state index contributed by atoms with van der Waals surface area (Å²) >= 11 is 0. The topological polar surface area (TPSA) is 44.7 Å². The standard InChI is InChI=1S/C15H30N2O2/c1-3-7-17(10-15(18)11-19-4-2)14-8-12-5-6-13(9-14)16-12/h12-16,18H,3-11H2,1-2H3. The zero-order chi connectivity index (χ0) is 13.7. The molecule has 0 amide bonds. The van der Waals surface area contributed by atoms with E-state index >= 15 is 0 Å². The van der Waals surface area contributed by atoms with E-state index in [0.717, 1.165) is 19.5 Å². The Morgan fingerprint density at radius 3 is 2.53 bits per heavy atom.